The molecule has 0 radical (unpaired) electrons. The molecule has 2 fully saturated rings. The van der Waals surface area contributed by atoms with Gasteiger partial charge in [-0.05, 0) is 22.3 Å². The number of carbonyl (C=O) groups excluding carboxylic acids is 2. The molecule has 0 aromatic heterocycles. The molecule has 0 saturated carbocycles. The molecule has 2 heterocycles. The third-order valence-corrected chi connectivity index (χ3v) is 8.50. The monoisotopic (exact) mass is 546 g/mol. The first-order chi connectivity index (χ1) is 19.9. The lowest BCUT2D eigenvalue weighted by atomic mass is 9.69. The van der Waals surface area contributed by atoms with E-state index in [4.69, 9.17) is 4.74 Å². The summed E-state index contributed by atoms with van der Waals surface area (Å²) >= 11 is 0. The molecule has 2 N–H and O–H groups in total. The minimum absolute atomic E-state index is 0.234. The van der Waals surface area contributed by atoms with Crippen molar-refractivity contribution in [1.82, 2.24) is 20.4 Å². The second-order valence-electron chi connectivity index (χ2n) is 10.9. The summed E-state index contributed by atoms with van der Waals surface area (Å²) in [4.78, 5) is 29.9. The molecule has 4 aromatic rings. The number of carbonyl (C=O) groups is 2. The molecule has 41 heavy (non-hydrogen) atoms. The van der Waals surface area contributed by atoms with Gasteiger partial charge in [0, 0.05) is 27.2 Å². The fourth-order valence-corrected chi connectivity index (χ4v) is 6.43. The maximum atomic E-state index is 13.3. The molecular weight excluding hydrogens is 512 g/mol. The van der Waals surface area contributed by atoms with Gasteiger partial charge < -0.3 is 25.2 Å². The van der Waals surface area contributed by atoms with Gasteiger partial charge in [-0.1, -0.05) is 121 Å². The smallest absolute Gasteiger partial charge is 0.319 e. The first-order valence-electron chi connectivity index (χ1n) is 13.9. The number of hydrogen-bond donors (Lipinski definition) is 2. The van der Waals surface area contributed by atoms with Gasteiger partial charge in [0.25, 0.3) is 0 Å². The van der Waals surface area contributed by atoms with E-state index < -0.39 is 23.3 Å². The Labute approximate surface area is 240 Å². The predicted molar refractivity (Wildman–Crippen MR) is 158 cm³/mol. The van der Waals surface area contributed by atoms with E-state index >= 15 is 0 Å². The lowest BCUT2D eigenvalue weighted by Crippen LogP contribution is -2.71. The van der Waals surface area contributed by atoms with Crippen LogP contribution in [0.25, 0.3) is 0 Å². The zero-order chi connectivity index (χ0) is 28.5. The summed E-state index contributed by atoms with van der Waals surface area (Å²) in [6.45, 7) is 0.781. The highest BCUT2D eigenvalue weighted by atomic mass is 16.5. The normalized spacial score (nSPS) is 21.6. The van der Waals surface area contributed by atoms with Crippen LogP contribution in [0, 0.1) is 0 Å². The molecule has 7 nitrogen and oxygen atoms in total. The molecule has 0 spiro atoms. The van der Waals surface area contributed by atoms with E-state index in [1.165, 1.54) is 0 Å². The van der Waals surface area contributed by atoms with Gasteiger partial charge in [0.15, 0.2) is 0 Å². The van der Waals surface area contributed by atoms with Gasteiger partial charge >= 0.3 is 12.1 Å². The quantitative estimate of drug-likeness (QED) is 0.360. The zero-order valence-electron chi connectivity index (χ0n) is 23.2. The molecule has 4 amide bonds. The Bertz CT molecular complexity index is 1300. The van der Waals surface area contributed by atoms with Crippen LogP contribution in [0.4, 0.5) is 9.59 Å². The summed E-state index contributed by atoms with van der Waals surface area (Å²) in [5.41, 5.74) is 2.50. The minimum atomic E-state index is -0.795. The number of rotatable bonds is 6. The summed E-state index contributed by atoms with van der Waals surface area (Å²) in [5.74, 6) is 0. The number of urea groups is 2. The second-order valence-corrected chi connectivity index (χ2v) is 10.9. The highest BCUT2D eigenvalue weighted by Gasteiger charge is 2.55. The first-order valence-corrected chi connectivity index (χ1v) is 13.9. The topological polar surface area (TPSA) is 73.9 Å². The summed E-state index contributed by atoms with van der Waals surface area (Å²) in [6, 6.07) is 40.1. The van der Waals surface area contributed by atoms with E-state index in [1.807, 2.05) is 72.8 Å². The van der Waals surface area contributed by atoms with Crippen LogP contribution in [0.3, 0.4) is 0 Å². The van der Waals surface area contributed by atoms with Crippen LogP contribution in [0.15, 0.2) is 121 Å². The maximum Gasteiger partial charge on any atom is 0.319 e. The Balaban J connectivity index is 1.55. The summed E-state index contributed by atoms with van der Waals surface area (Å²) in [7, 11) is 3.59. The summed E-state index contributed by atoms with van der Waals surface area (Å²) in [6.07, 6.45) is -1.59. The lowest BCUT2D eigenvalue weighted by molar-refractivity contribution is -0.115. The lowest BCUT2D eigenvalue weighted by Gasteiger charge is -2.53. The van der Waals surface area contributed by atoms with Crippen molar-refractivity contribution in [1.29, 1.82) is 0 Å². The average molecular weight is 547 g/mol. The molecule has 2 aliphatic heterocycles. The van der Waals surface area contributed by atoms with Crippen molar-refractivity contribution in [3.8, 4) is 0 Å². The van der Waals surface area contributed by atoms with Gasteiger partial charge in [0.2, 0.25) is 0 Å². The molecule has 2 atom stereocenters. The molecule has 2 unspecified atom stereocenters. The average Bonchev–Trinajstić information content (AvgIpc) is 3.02. The van der Waals surface area contributed by atoms with Crippen molar-refractivity contribution in [2.75, 3.05) is 27.2 Å². The Morgan fingerprint density at radius 1 is 0.537 bits per heavy atom. The van der Waals surface area contributed by atoms with Crippen LogP contribution in [-0.2, 0) is 15.6 Å². The van der Waals surface area contributed by atoms with Crippen molar-refractivity contribution in [3.63, 3.8) is 0 Å². The Hall–Kier alpha value is -4.62. The van der Waals surface area contributed by atoms with Crippen LogP contribution in [0.2, 0.25) is 0 Å². The second kappa shape index (κ2) is 10.7. The van der Waals surface area contributed by atoms with E-state index in [0.717, 1.165) is 22.3 Å². The van der Waals surface area contributed by atoms with Gasteiger partial charge in [0.1, 0.15) is 12.5 Å². The summed E-state index contributed by atoms with van der Waals surface area (Å²) in [5, 5.41) is 6.34. The fraction of sp³-hybridized carbons (Fsp3) is 0.235. The number of nitrogens with one attached hydrogen (secondary N) is 2. The van der Waals surface area contributed by atoms with Crippen LogP contribution >= 0.6 is 0 Å². The molecule has 0 aliphatic carbocycles. The Morgan fingerprint density at radius 3 is 1.07 bits per heavy atom. The number of nitrogens with zero attached hydrogens (tertiary/aromatic N) is 2. The van der Waals surface area contributed by atoms with Crippen LogP contribution in [-0.4, -0.2) is 61.5 Å². The van der Waals surface area contributed by atoms with Crippen molar-refractivity contribution >= 4 is 12.1 Å². The molecule has 0 bridgehead atoms. The Morgan fingerprint density at radius 2 is 0.805 bits per heavy atom. The Kier molecular flexibility index (Phi) is 6.97. The standard InChI is InChI=1S/C34H34N4O3/c1-37-23-33(25-15-7-3-8-16-25,26-17-9-4-10-18-26)29(35-31(37)39)41-30-34(24-38(2)32(40)36-30,27-19-11-5-12-20-27)28-21-13-6-14-22-28/h3-22,29-30H,23-24H2,1-2H3,(H,35,39)(H,36,40). The van der Waals surface area contributed by atoms with Gasteiger partial charge in [-0.15, -0.1) is 0 Å². The third kappa shape index (κ3) is 4.52. The van der Waals surface area contributed by atoms with Gasteiger partial charge in [-0.3, -0.25) is 0 Å². The molecule has 4 aromatic carbocycles. The molecule has 2 saturated heterocycles. The number of benzene rings is 4. The van der Waals surface area contributed by atoms with Crippen LogP contribution < -0.4 is 10.6 Å². The third-order valence-electron chi connectivity index (χ3n) is 8.50. The molecule has 7 heteroatoms. The highest BCUT2D eigenvalue weighted by Crippen LogP contribution is 2.44. The van der Waals surface area contributed by atoms with Gasteiger partial charge in [-0.2, -0.15) is 0 Å². The van der Waals surface area contributed by atoms with E-state index in [-0.39, 0.29) is 12.1 Å². The molecule has 6 rings (SSSR count). The maximum absolute atomic E-state index is 13.3. The fourth-order valence-electron chi connectivity index (χ4n) is 6.43. The number of amides is 4. The van der Waals surface area contributed by atoms with Crippen LogP contribution in [0.1, 0.15) is 22.3 Å². The van der Waals surface area contributed by atoms with E-state index in [2.05, 4.69) is 59.2 Å². The number of hydrogen-bond acceptors (Lipinski definition) is 3. The molecular formula is C34H34N4O3. The van der Waals surface area contributed by atoms with Crippen molar-refractivity contribution < 1.29 is 14.3 Å². The largest absolute Gasteiger partial charge is 0.333 e. The highest BCUT2D eigenvalue weighted by molar-refractivity contribution is 5.77. The number of ether oxygens (including phenoxy) is 1. The van der Waals surface area contributed by atoms with Crippen molar-refractivity contribution in [2.45, 2.75) is 23.3 Å². The number of likely N-dealkylation sites (N-methyl/N-ethyl adjacent to an activating group) is 2. The SMILES string of the molecule is CN1CC(c2ccccc2)(c2ccccc2)C(OC2NC(=O)N(C)CC2(c2ccccc2)c2ccccc2)NC1=O. The minimum Gasteiger partial charge on any atom is -0.333 e. The van der Waals surface area contributed by atoms with Gasteiger partial charge in [-0.25, -0.2) is 9.59 Å². The van der Waals surface area contributed by atoms with E-state index in [1.54, 1.807) is 23.9 Å². The van der Waals surface area contributed by atoms with Gasteiger partial charge in [0.05, 0.1) is 10.8 Å². The zero-order valence-corrected chi connectivity index (χ0v) is 23.2. The summed E-state index contributed by atoms with van der Waals surface area (Å²) < 4.78 is 7.10. The molecule has 2 aliphatic rings. The van der Waals surface area contributed by atoms with Crippen molar-refractivity contribution in [3.05, 3.63) is 144 Å². The van der Waals surface area contributed by atoms with Crippen molar-refractivity contribution in [2.24, 2.45) is 0 Å². The predicted octanol–water partition coefficient (Wildman–Crippen LogP) is 4.94. The molecule has 208 valence electrons. The first kappa shape index (κ1) is 26.6. The van der Waals surface area contributed by atoms with Crippen LogP contribution in [0.5, 0.6) is 0 Å². The van der Waals surface area contributed by atoms with E-state index in [9.17, 15) is 9.59 Å². The van der Waals surface area contributed by atoms with E-state index in [0.29, 0.717) is 13.1 Å².